The van der Waals surface area contributed by atoms with E-state index < -0.39 is 22.6 Å². The highest BCUT2D eigenvalue weighted by atomic mass is 35.5. The van der Waals surface area contributed by atoms with Crippen LogP contribution in [0.5, 0.6) is 0 Å². The summed E-state index contributed by atoms with van der Waals surface area (Å²) in [6.45, 7) is 0.0291. The maximum absolute atomic E-state index is 13.9. The minimum absolute atomic E-state index is 0.0291. The second kappa shape index (κ2) is 7.09. The molecule has 1 heterocycles. The summed E-state index contributed by atoms with van der Waals surface area (Å²) >= 11 is 5.73. The lowest BCUT2D eigenvalue weighted by atomic mass is 10.1. The van der Waals surface area contributed by atoms with Gasteiger partial charge in [-0.2, -0.15) is 0 Å². The molecule has 0 unspecified atom stereocenters. The van der Waals surface area contributed by atoms with Gasteiger partial charge in [-0.25, -0.2) is 4.39 Å². The van der Waals surface area contributed by atoms with Gasteiger partial charge in [-0.15, -0.1) is 0 Å². The minimum Gasteiger partial charge on any atom is -0.326 e. The van der Waals surface area contributed by atoms with Crippen LogP contribution in [0.3, 0.4) is 0 Å². The second-order valence-electron chi connectivity index (χ2n) is 5.77. The van der Waals surface area contributed by atoms with Crippen LogP contribution in [0, 0.1) is 21.8 Å². The molecule has 1 aliphatic rings. The molecule has 1 saturated heterocycles. The third kappa shape index (κ3) is 3.50. The van der Waals surface area contributed by atoms with E-state index in [0.29, 0.717) is 0 Å². The number of nitro groups is 1. The Labute approximate surface area is 152 Å². The average Bonchev–Trinajstić information content (AvgIpc) is 2.98. The lowest BCUT2D eigenvalue weighted by Crippen LogP contribution is -2.28. The number of nitrogens with zero attached hydrogens (tertiary/aromatic N) is 2. The molecule has 1 atom stereocenters. The number of hydrogen-bond acceptors (Lipinski definition) is 4. The van der Waals surface area contributed by atoms with E-state index in [1.165, 1.54) is 35.2 Å². The van der Waals surface area contributed by atoms with E-state index in [1.807, 2.05) is 0 Å². The van der Waals surface area contributed by atoms with E-state index in [-0.39, 0.29) is 41.0 Å². The summed E-state index contributed by atoms with van der Waals surface area (Å²) in [5.41, 5.74) is -0.0160. The fraction of sp³-hybridized carbons (Fsp3) is 0.176. The normalized spacial score (nSPS) is 16.6. The number of nitrogens with one attached hydrogen (secondary N) is 1. The van der Waals surface area contributed by atoms with Gasteiger partial charge in [0.05, 0.1) is 16.5 Å². The van der Waals surface area contributed by atoms with Crippen molar-refractivity contribution >= 4 is 40.5 Å². The Morgan fingerprint density at radius 3 is 2.73 bits per heavy atom. The summed E-state index contributed by atoms with van der Waals surface area (Å²) in [6, 6.07) is 9.70. The number of nitro benzene ring substituents is 1. The number of para-hydroxylation sites is 1. The van der Waals surface area contributed by atoms with Crippen molar-refractivity contribution in [1.29, 1.82) is 0 Å². The van der Waals surface area contributed by atoms with E-state index in [9.17, 15) is 24.1 Å². The minimum atomic E-state index is -0.697. The first-order valence-corrected chi connectivity index (χ1v) is 8.04. The van der Waals surface area contributed by atoms with Gasteiger partial charge in [-0.3, -0.25) is 19.7 Å². The number of benzene rings is 2. The number of carbonyl (C=O) groups is 2. The Bertz CT molecular complexity index is 905. The summed E-state index contributed by atoms with van der Waals surface area (Å²) in [5.74, 6) is -2.08. The van der Waals surface area contributed by atoms with Gasteiger partial charge in [0.25, 0.3) is 5.69 Å². The topological polar surface area (TPSA) is 92.5 Å². The number of halogens is 2. The predicted octanol–water partition coefficient (Wildman–Crippen LogP) is 3.38. The molecule has 1 fully saturated rings. The van der Waals surface area contributed by atoms with Gasteiger partial charge in [-0.05, 0) is 24.3 Å². The maximum atomic E-state index is 13.9. The molecule has 1 aliphatic heterocycles. The van der Waals surface area contributed by atoms with Crippen LogP contribution in [0.25, 0.3) is 0 Å². The third-order valence-electron chi connectivity index (χ3n) is 4.05. The van der Waals surface area contributed by atoms with Gasteiger partial charge in [0, 0.05) is 24.7 Å². The number of rotatable bonds is 4. The highest BCUT2D eigenvalue weighted by Gasteiger charge is 2.36. The largest absolute Gasteiger partial charge is 0.326 e. The van der Waals surface area contributed by atoms with Crippen molar-refractivity contribution in [3.63, 3.8) is 0 Å². The van der Waals surface area contributed by atoms with Gasteiger partial charge in [0.2, 0.25) is 11.8 Å². The van der Waals surface area contributed by atoms with Crippen molar-refractivity contribution in [2.75, 3.05) is 16.8 Å². The molecule has 2 aromatic rings. The Morgan fingerprint density at radius 1 is 1.31 bits per heavy atom. The Morgan fingerprint density at radius 2 is 2.04 bits per heavy atom. The molecule has 1 N–H and O–H groups in total. The zero-order valence-corrected chi connectivity index (χ0v) is 14.1. The molecule has 3 rings (SSSR count). The van der Waals surface area contributed by atoms with Crippen molar-refractivity contribution in [2.24, 2.45) is 5.92 Å². The third-order valence-corrected chi connectivity index (χ3v) is 4.37. The zero-order chi connectivity index (χ0) is 18.8. The van der Waals surface area contributed by atoms with Crippen LogP contribution < -0.4 is 10.2 Å². The van der Waals surface area contributed by atoms with Crippen LogP contribution in [0.15, 0.2) is 42.5 Å². The summed E-state index contributed by atoms with van der Waals surface area (Å²) in [4.78, 5) is 36.0. The smallest absolute Gasteiger partial charge is 0.289 e. The molecule has 2 amide bonds. The van der Waals surface area contributed by atoms with Gasteiger partial charge in [-0.1, -0.05) is 23.7 Å². The lowest BCUT2D eigenvalue weighted by molar-refractivity contribution is -0.384. The summed E-state index contributed by atoms with van der Waals surface area (Å²) in [5, 5.41) is 13.4. The summed E-state index contributed by atoms with van der Waals surface area (Å²) < 4.78 is 13.9. The van der Waals surface area contributed by atoms with E-state index in [1.54, 1.807) is 6.07 Å². The molecule has 26 heavy (non-hydrogen) atoms. The molecule has 0 aliphatic carbocycles. The quantitative estimate of drug-likeness (QED) is 0.653. The molecule has 0 spiro atoms. The highest BCUT2D eigenvalue weighted by molar-refractivity contribution is 6.32. The Balaban J connectivity index is 1.74. The highest BCUT2D eigenvalue weighted by Crippen LogP contribution is 2.30. The molecular formula is C17H13ClFN3O4. The monoisotopic (exact) mass is 377 g/mol. The predicted molar refractivity (Wildman–Crippen MR) is 93.6 cm³/mol. The van der Waals surface area contributed by atoms with Crippen LogP contribution in [0.1, 0.15) is 6.42 Å². The zero-order valence-electron chi connectivity index (χ0n) is 13.3. The van der Waals surface area contributed by atoms with E-state index in [4.69, 9.17) is 11.6 Å². The molecule has 0 bridgehead atoms. The van der Waals surface area contributed by atoms with E-state index in [2.05, 4.69) is 5.32 Å². The van der Waals surface area contributed by atoms with Gasteiger partial charge in [0.1, 0.15) is 10.8 Å². The fourth-order valence-corrected chi connectivity index (χ4v) is 2.95. The fourth-order valence-electron chi connectivity index (χ4n) is 2.76. The molecule has 134 valence electrons. The lowest BCUT2D eigenvalue weighted by Gasteiger charge is -2.17. The van der Waals surface area contributed by atoms with Gasteiger partial charge < -0.3 is 10.2 Å². The molecule has 0 saturated carbocycles. The van der Waals surface area contributed by atoms with Crippen LogP contribution in [0.2, 0.25) is 5.02 Å². The Hall–Kier alpha value is -3.00. The molecule has 2 aromatic carbocycles. The first-order valence-electron chi connectivity index (χ1n) is 7.66. The van der Waals surface area contributed by atoms with E-state index >= 15 is 0 Å². The second-order valence-corrected chi connectivity index (χ2v) is 6.18. The van der Waals surface area contributed by atoms with Crippen molar-refractivity contribution in [2.45, 2.75) is 6.42 Å². The molecule has 0 radical (unpaired) electrons. The van der Waals surface area contributed by atoms with Crippen molar-refractivity contribution in [3.05, 3.63) is 63.4 Å². The maximum Gasteiger partial charge on any atom is 0.289 e. The number of hydrogen-bond donors (Lipinski definition) is 1. The molecule has 9 heteroatoms. The number of amides is 2. The first-order chi connectivity index (χ1) is 12.4. The average molecular weight is 378 g/mol. The summed E-state index contributed by atoms with van der Waals surface area (Å²) in [7, 11) is 0. The first kappa shape index (κ1) is 17.8. The molecule has 7 nitrogen and oxygen atoms in total. The standard InChI is InChI=1S/C17H13ClFN3O4/c18-12-6-5-11(8-15(12)22(25)26)20-17(24)10-7-16(23)21(9-10)14-4-2-1-3-13(14)19/h1-6,8,10H,7,9H2,(H,20,24)/t10-/m0/s1. The van der Waals surface area contributed by atoms with Crippen molar-refractivity contribution < 1.29 is 18.9 Å². The number of anilines is 2. The van der Waals surface area contributed by atoms with Crippen molar-refractivity contribution in [1.82, 2.24) is 0 Å². The molecule has 0 aromatic heterocycles. The van der Waals surface area contributed by atoms with Crippen LogP contribution in [-0.4, -0.2) is 23.3 Å². The van der Waals surface area contributed by atoms with Crippen molar-refractivity contribution in [3.8, 4) is 0 Å². The van der Waals surface area contributed by atoms with Crippen LogP contribution in [0.4, 0.5) is 21.5 Å². The Kier molecular flexibility index (Phi) is 4.85. The number of carbonyl (C=O) groups excluding carboxylic acids is 2. The summed E-state index contributed by atoms with van der Waals surface area (Å²) in [6.07, 6.45) is -0.0736. The SMILES string of the molecule is O=C(Nc1ccc(Cl)c([N+](=O)[O-])c1)[C@H]1CC(=O)N(c2ccccc2F)C1. The van der Waals surface area contributed by atoms with Crippen LogP contribution >= 0.6 is 11.6 Å². The molecular weight excluding hydrogens is 365 g/mol. The van der Waals surface area contributed by atoms with E-state index in [0.717, 1.165) is 6.07 Å². The van der Waals surface area contributed by atoms with Gasteiger partial charge >= 0.3 is 0 Å². The van der Waals surface area contributed by atoms with Gasteiger partial charge in [0.15, 0.2) is 0 Å². The van der Waals surface area contributed by atoms with Crippen LogP contribution in [-0.2, 0) is 9.59 Å².